The zero-order valence-corrected chi connectivity index (χ0v) is 13.3. The van der Waals surface area contributed by atoms with Crippen molar-refractivity contribution in [3.05, 3.63) is 28.8 Å². The molecular weight excluding hydrogens is 276 g/mol. The van der Waals surface area contributed by atoms with E-state index in [4.69, 9.17) is 0 Å². The zero-order chi connectivity index (χ0) is 15.5. The lowest BCUT2D eigenvalue weighted by Gasteiger charge is -2.18. The highest BCUT2D eigenvalue weighted by Gasteiger charge is 2.22. The third-order valence-corrected chi connectivity index (χ3v) is 4.65. The van der Waals surface area contributed by atoms with Crippen LogP contribution in [0, 0.1) is 0 Å². The average Bonchev–Trinajstić information content (AvgIpc) is 2.36. The Bertz CT molecular complexity index is 603. The molecule has 0 amide bonds. The summed E-state index contributed by atoms with van der Waals surface area (Å²) in [6.45, 7) is 5.90. The van der Waals surface area contributed by atoms with E-state index in [2.05, 4.69) is 0 Å². The van der Waals surface area contributed by atoms with Crippen LogP contribution >= 0.6 is 0 Å². The predicted molar refractivity (Wildman–Crippen MR) is 79.2 cm³/mol. The van der Waals surface area contributed by atoms with Crippen LogP contribution in [-0.2, 0) is 16.3 Å². The molecule has 1 aromatic rings. The summed E-state index contributed by atoms with van der Waals surface area (Å²) in [5, 5.41) is 9.22. The van der Waals surface area contributed by atoms with E-state index < -0.39 is 15.8 Å². The first-order chi connectivity index (χ1) is 9.22. The number of rotatable bonds is 6. The molecule has 0 bridgehead atoms. The maximum absolute atomic E-state index is 11.9. The lowest BCUT2D eigenvalue weighted by atomic mass is 9.92. The SMILES string of the molecule is CCCC(C)c1cc(CC)c(C(=O)O)cc1S(C)(=O)=O. The minimum Gasteiger partial charge on any atom is -0.478 e. The summed E-state index contributed by atoms with van der Waals surface area (Å²) in [5.41, 5.74) is 1.50. The van der Waals surface area contributed by atoms with E-state index in [0.29, 0.717) is 12.0 Å². The molecule has 1 N–H and O–H groups in total. The summed E-state index contributed by atoms with van der Waals surface area (Å²) in [7, 11) is -3.44. The molecule has 0 heterocycles. The van der Waals surface area contributed by atoms with Crippen LogP contribution in [0.3, 0.4) is 0 Å². The fourth-order valence-corrected chi connectivity index (χ4v) is 3.45. The Morgan fingerprint density at radius 3 is 2.30 bits per heavy atom. The van der Waals surface area contributed by atoms with E-state index in [1.165, 1.54) is 6.07 Å². The first-order valence-corrected chi connectivity index (χ1v) is 8.71. The second kappa shape index (κ2) is 6.39. The third kappa shape index (κ3) is 3.60. The number of hydrogen-bond donors (Lipinski definition) is 1. The molecular formula is C15H22O4S. The maximum atomic E-state index is 11.9. The molecule has 20 heavy (non-hydrogen) atoms. The van der Waals surface area contributed by atoms with E-state index in [-0.39, 0.29) is 16.4 Å². The van der Waals surface area contributed by atoms with Crippen LogP contribution in [0.5, 0.6) is 0 Å². The number of sulfone groups is 1. The number of carboxylic acid groups (broad SMARTS) is 1. The van der Waals surface area contributed by atoms with Gasteiger partial charge in [-0.1, -0.05) is 33.3 Å². The predicted octanol–water partition coefficient (Wildman–Crippen LogP) is 3.25. The normalized spacial score (nSPS) is 13.2. The Hall–Kier alpha value is -1.36. The van der Waals surface area contributed by atoms with Gasteiger partial charge in [0.25, 0.3) is 0 Å². The van der Waals surface area contributed by atoms with E-state index in [1.807, 2.05) is 20.8 Å². The molecule has 0 saturated carbocycles. The molecule has 0 aliphatic carbocycles. The van der Waals surface area contributed by atoms with Gasteiger partial charge in [-0.05, 0) is 36.0 Å². The second-order valence-electron chi connectivity index (χ2n) is 5.17. The van der Waals surface area contributed by atoms with Gasteiger partial charge in [0.05, 0.1) is 10.5 Å². The summed E-state index contributed by atoms with van der Waals surface area (Å²) in [6, 6.07) is 3.07. The van der Waals surface area contributed by atoms with Crippen LogP contribution in [0.15, 0.2) is 17.0 Å². The standard InChI is InChI=1S/C15H22O4S/c1-5-7-10(3)12-8-11(6-2)13(15(16)17)9-14(12)20(4,18)19/h8-10H,5-7H2,1-4H3,(H,16,17). The Morgan fingerprint density at radius 2 is 1.90 bits per heavy atom. The number of hydrogen-bond acceptors (Lipinski definition) is 3. The minimum atomic E-state index is -3.44. The molecule has 1 rings (SSSR count). The average molecular weight is 298 g/mol. The van der Waals surface area contributed by atoms with Gasteiger partial charge in [0.15, 0.2) is 9.84 Å². The maximum Gasteiger partial charge on any atom is 0.336 e. The fourth-order valence-electron chi connectivity index (χ4n) is 2.43. The molecule has 0 spiro atoms. The van der Waals surface area contributed by atoms with Crippen molar-refractivity contribution in [3.8, 4) is 0 Å². The molecule has 4 nitrogen and oxygen atoms in total. The topological polar surface area (TPSA) is 71.4 Å². The summed E-state index contributed by atoms with van der Waals surface area (Å²) in [6.07, 6.45) is 3.52. The first-order valence-electron chi connectivity index (χ1n) is 6.82. The number of aromatic carboxylic acids is 1. The van der Waals surface area contributed by atoms with Crippen LogP contribution in [0.1, 0.15) is 61.0 Å². The molecule has 1 unspecified atom stereocenters. The summed E-state index contributed by atoms with van der Waals surface area (Å²) >= 11 is 0. The van der Waals surface area contributed by atoms with Crippen LogP contribution in [0.25, 0.3) is 0 Å². The summed E-state index contributed by atoms with van der Waals surface area (Å²) in [4.78, 5) is 11.4. The van der Waals surface area contributed by atoms with E-state index in [0.717, 1.165) is 24.7 Å². The van der Waals surface area contributed by atoms with Gasteiger partial charge in [0.2, 0.25) is 0 Å². The van der Waals surface area contributed by atoms with Gasteiger partial charge in [-0.3, -0.25) is 0 Å². The van der Waals surface area contributed by atoms with Crippen molar-refractivity contribution >= 4 is 15.8 Å². The molecule has 0 saturated heterocycles. The van der Waals surface area contributed by atoms with Gasteiger partial charge in [0.1, 0.15) is 0 Å². The zero-order valence-electron chi connectivity index (χ0n) is 12.4. The van der Waals surface area contributed by atoms with Gasteiger partial charge in [0, 0.05) is 6.26 Å². The van der Waals surface area contributed by atoms with Crippen LogP contribution < -0.4 is 0 Å². The largest absolute Gasteiger partial charge is 0.478 e. The van der Waals surface area contributed by atoms with Crippen LogP contribution in [0.2, 0.25) is 0 Å². The second-order valence-corrected chi connectivity index (χ2v) is 7.15. The van der Waals surface area contributed by atoms with Crippen molar-refractivity contribution in [1.82, 2.24) is 0 Å². The molecule has 0 radical (unpaired) electrons. The van der Waals surface area contributed by atoms with Crippen molar-refractivity contribution in [2.24, 2.45) is 0 Å². The first kappa shape index (κ1) is 16.7. The van der Waals surface area contributed by atoms with Gasteiger partial charge in [-0.15, -0.1) is 0 Å². The highest BCUT2D eigenvalue weighted by Crippen LogP contribution is 2.30. The number of carboxylic acids is 1. The molecule has 112 valence electrons. The van der Waals surface area contributed by atoms with E-state index in [1.54, 1.807) is 6.07 Å². The Balaban J connectivity index is 3.60. The van der Waals surface area contributed by atoms with E-state index >= 15 is 0 Å². The van der Waals surface area contributed by atoms with Crippen molar-refractivity contribution in [2.75, 3.05) is 6.26 Å². The highest BCUT2D eigenvalue weighted by molar-refractivity contribution is 7.90. The van der Waals surface area contributed by atoms with E-state index in [9.17, 15) is 18.3 Å². The smallest absolute Gasteiger partial charge is 0.336 e. The molecule has 0 aliphatic rings. The molecule has 0 aromatic heterocycles. The molecule has 1 aromatic carbocycles. The fraction of sp³-hybridized carbons (Fsp3) is 0.533. The Morgan fingerprint density at radius 1 is 1.30 bits per heavy atom. The number of benzene rings is 1. The van der Waals surface area contributed by atoms with Gasteiger partial charge < -0.3 is 5.11 Å². The van der Waals surface area contributed by atoms with Crippen LogP contribution in [-0.4, -0.2) is 25.7 Å². The lowest BCUT2D eigenvalue weighted by Crippen LogP contribution is -2.11. The lowest BCUT2D eigenvalue weighted by molar-refractivity contribution is 0.0695. The molecule has 1 atom stereocenters. The third-order valence-electron chi connectivity index (χ3n) is 3.50. The molecule has 0 aliphatic heterocycles. The van der Waals surface area contributed by atoms with Crippen molar-refractivity contribution in [1.29, 1.82) is 0 Å². The Kier molecular flexibility index (Phi) is 5.34. The van der Waals surface area contributed by atoms with Crippen molar-refractivity contribution in [2.45, 2.75) is 50.8 Å². The number of aryl methyl sites for hydroxylation is 1. The molecule has 0 fully saturated rings. The van der Waals surface area contributed by atoms with Gasteiger partial charge in [-0.2, -0.15) is 0 Å². The van der Waals surface area contributed by atoms with Crippen LogP contribution in [0.4, 0.5) is 0 Å². The summed E-state index contributed by atoms with van der Waals surface area (Å²) < 4.78 is 23.9. The van der Waals surface area contributed by atoms with Gasteiger partial charge >= 0.3 is 5.97 Å². The summed E-state index contributed by atoms with van der Waals surface area (Å²) in [5.74, 6) is -0.987. The molecule has 5 heteroatoms. The number of carbonyl (C=O) groups is 1. The Labute approximate surface area is 120 Å². The van der Waals surface area contributed by atoms with Crippen molar-refractivity contribution < 1.29 is 18.3 Å². The van der Waals surface area contributed by atoms with Gasteiger partial charge in [-0.25, -0.2) is 13.2 Å². The highest BCUT2D eigenvalue weighted by atomic mass is 32.2. The monoisotopic (exact) mass is 298 g/mol. The van der Waals surface area contributed by atoms with Crippen molar-refractivity contribution in [3.63, 3.8) is 0 Å². The minimum absolute atomic E-state index is 0.0837. The quantitative estimate of drug-likeness (QED) is 0.875.